The highest BCUT2D eigenvalue weighted by molar-refractivity contribution is 7.13. The van der Waals surface area contributed by atoms with Gasteiger partial charge in [-0.1, -0.05) is 13.8 Å². The molecule has 1 N–H and O–H groups in total. The quantitative estimate of drug-likeness (QED) is 0.712. The second-order valence-electron chi connectivity index (χ2n) is 7.57. The van der Waals surface area contributed by atoms with Gasteiger partial charge in [0, 0.05) is 24.0 Å². The van der Waals surface area contributed by atoms with Gasteiger partial charge in [0.15, 0.2) is 11.5 Å². The van der Waals surface area contributed by atoms with Crippen molar-refractivity contribution in [2.24, 2.45) is 5.41 Å². The molecule has 0 saturated heterocycles. The van der Waals surface area contributed by atoms with Crippen LogP contribution in [0.1, 0.15) is 19.5 Å². The minimum absolute atomic E-state index is 0.00834. The number of benzene rings is 1. The fourth-order valence-electron chi connectivity index (χ4n) is 2.97. The van der Waals surface area contributed by atoms with Crippen molar-refractivity contribution in [3.8, 4) is 22.1 Å². The molecule has 0 radical (unpaired) electrons. The van der Waals surface area contributed by atoms with Crippen molar-refractivity contribution in [1.29, 1.82) is 0 Å². The minimum atomic E-state index is -0.00834. The smallest absolute Gasteiger partial charge is 0.226 e. The molecular formula is C20H29N3O3S. The lowest BCUT2D eigenvalue weighted by Crippen LogP contribution is -2.40. The maximum absolute atomic E-state index is 12.3. The van der Waals surface area contributed by atoms with Crippen LogP contribution in [0.3, 0.4) is 0 Å². The van der Waals surface area contributed by atoms with E-state index in [1.165, 1.54) is 11.3 Å². The Morgan fingerprint density at radius 2 is 1.93 bits per heavy atom. The van der Waals surface area contributed by atoms with Gasteiger partial charge in [0.05, 0.1) is 26.3 Å². The Morgan fingerprint density at radius 3 is 2.56 bits per heavy atom. The number of carbonyl (C=O) groups excluding carboxylic acids is 1. The number of hydrogen-bond donors (Lipinski definition) is 1. The third-order valence-electron chi connectivity index (χ3n) is 4.03. The predicted molar refractivity (Wildman–Crippen MR) is 110 cm³/mol. The van der Waals surface area contributed by atoms with Crippen LogP contribution in [0.4, 0.5) is 0 Å². The average molecular weight is 392 g/mol. The van der Waals surface area contributed by atoms with E-state index >= 15 is 0 Å². The van der Waals surface area contributed by atoms with Crippen LogP contribution in [-0.4, -0.2) is 57.2 Å². The van der Waals surface area contributed by atoms with Crippen LogP contribution in [0.2, 0.25) is 0 Å². The molecule has 0 unspecified atom stereocenters. The molecule has 2 rings (SSSR count). The van der Waals surface area contributed by atoms with E-state index in [2.05, 4.69) is 29.0 Å². The fraction of sp³-hybridized carbons (Fsp3) is 0.500. The first-order valence-electron chi connectivity index (χ1n) is 8.82. The molecule has 0 fully saturated rings. The van der Waals surface area contributed by atoms with Crippen LogP contribution in [0, 0.1) is 5.41 Å². The van der Waals surface area contributed by atoms with E-state index in [1.54, 1.807) is 14.2 Å². The van der Waals surface area contributed by atoms with Gasteiger partial charge in [-0.15, -0.1) is 11.3 Å². The van der Waals surface area contributed by atoms with Crippen molar-refractivity contribution in [2.75, 3.05) is 41.4 Å². The van der Waals surface area contributed by atoms with Crippen LogP contribution in [0.25, 0.3) is 10.6 Å². The van der Waals surface area contributed by atoms with Gasteiger partial charge in [-0.2, -0.15) is 0 Å². The lowest BCUT2D eigenvalue weighted by Gasteiger charge is -2.28. The molecule has 0 aliphatic carbocycles. The maximum atomic E-state index is 12.3. The van der Waals surface area contributed by atoms with Gasteiger partial charge in [0.25, 0.3) is 0 Å². The van der Waals surface area contributed by atoms with E-state index < -0.39 is 0 Å². The number of hydrogen-bond acceptors (Lipinski definition) is 6. The zero-order valence-electron chi connectivity index (χ0n) is 17.0. The molecule has 1 aromatic heterocycles. The summed E-state index contributed by atoms with van der Waals surface area (Å²) in [6.07, 6.45) is 0.280. The van der Waals surface area contributed by atoms with Crippen LogP contribution in [0.15, 0.2) is 23.6 Å². The van der Waals surface area contributed by atoms with Gasteiger partial charge in [-0.3, -0.25) is 4.79 Å². The summed E-state index contributed by atoms with van der Waals surface area (Å²) in [4.78, 5) is 19.0. The van der Waals surface area contributed by atoms with E-state index in [9.17, 15) is 4.79 Å². The van der Waals surface area contributed by atoms with Crippen LogP contribution < -0.4 is 14.8 Å². The highest BCUT2D eigenvalue weighted by atomic mass is 32.1. The molecular weight excluding hydrogens is 362 g/mol. The number of carbonyl (C=O) groups is 1. The Bertz CT molecular complexity index is 772. The highest BCUT2D eigenvalue weighted by Crippen LogP contribution is 2.33. The summed E-state index contributed by atoms with van der Waals surface area (Å²) in [5.41, 5.74) is 1.73. The van der Waals surface area contributed by atoms with E-state index in [0.29, 0.717) is 18.0 Å². The molecule has 2 aromatic rings. The molecule has 0 bridgehead atoms. The molecule has 0 atom stereocenters. The number of aromatic nitrogens is 1. The van der Waals surface area contributed by atoms with Gasteiger partial charge in [-0.05, 0) is 37.7 Å². The van der Waals surface area contributed by atoms with Crippen LogP contribution in [0.5, 0.6) is 11.5 Å². The summed E-state index contributed by atoms with van der Waals surface area (Å²) in [5.74, 6) is 1.33. The minimum Gasteiger partial charge on any atom is -0.493 e. The predicted octanol–water partition coefficient (Wildman–Crippen LogP) is 3.07. The van der Waals surface area contributed by atoms with Crippen molar-refractivity contribution in [1.82, 2.24) is 15.2 Å². The lowest BCUT2D eigenvalue weighted by atomic mass is 9.93. The second-order valence-corrected chi connectivity index (χ2v) is 8.43. The first-order valence-corrected chi connectivity index (χ1v) is 9.70. The molecule has 1 heterocycles. The van der Waals surface area contributed by atoms with Crippen molar-refractivity contribution in [2.45, 2.75) is 20.3 Å². The van der Waals surface area contributed by atoms with Gasteiger partial charge >= 0.3 is 0 Å². The van der Waals surface area contributed by atoms with Gasteiger partial charge in [0.1, 0.15) is 5.01 Å². The highest BCUT2D eigenvalue weighted by Gasteiger charge is 2.20. The zero-order valence-corrected chi connectivity index (χ0v) is 17.8. The number of thiazole rings is 1. The van der Waals surface area contributed by atoms with Crippen molar-refractivity contribution in [3.63, 3.8) is 0 Å². The second kappa shape index (κ2) is 9.19. The van der Waals surface area contributed by atoms with E-state index in [0.717, 1.165) is 22.8 Å². The molecule has 0 saturated carbocycles. The third kappa shape index (κ3) is 6.22. The van der Waals surface area contributed by atoms with E-state index in [1.807, 2.05) is 37.7 Å². The summed E-state index contributed by atoms with van der Waals surface area (Å²) < 4.78 is 10.6. The number of nitrogens with one attached hydrogen (secondary N) is 1. The Kier molecular flexibility index (Phi) is 7.21. The molecule has 0 spiro atoms. The molecule has 0 aliphatic rings. The molecule has 0 aliphatic heterocycles. The largest absolute Gasteiger partial charge is 0.493 e. The van der Waals surface area contributed by atoms with Gasteiger partial charge in [-0.25, -0.2) is 4.98 Å². The number of methoxy groups -OCH3 is 2. The Labute approximate surface area is 165 Å². The summed E-state index contributed by atoms with van der Waals surface area (Å²) in [5, 5.41) is 5.80. The number of ether oxygens (including phenoxy) is 2. The van der Waals surface area contributed by atoms with Crippen LogP contribution in [-0.2, 0) is 11.2 Å². The van der Waals surface area contributed by atoms with Gasteiger partial charge < -0.3 is 19.7 Å². The van der Waals surface area contributed by atoms with E-state index in [-0.39, 0.29) is 17.7 Å². The normalized spacial score (nSPS) is 11.5. The molecule has 148 valence electrons. The van der Waals surface area contributed by atoms with Crippen molar-refractivity contribution < 1.29 is 14.3 Å². The summed E-state index contributed by atoms with van der Waals surface area (Å²) in [7, 11) is 7.29. The topological polar surface area (TPSA) is 63.7 Å². The SMILES string of the molecule is COc1ccc(-c2nc(CC(=O)NCC(C)(C)CN(C)C)cs2)cc1OC. The fourth-order valence-corrected chi connectivity index (χ4v) is 3.78. The van der Waals surface area contributed by atoms with Crippen molar-refractivity contribution >= 4 is 17.2 Å². The standard InChI is InChI=1S/C20H29N3O3S/c1-20(2,13-23(3)4)12-21-18(24)10-15-11-27-19(22-15)14-7-8-16(25-5)17(9-14)26-6/h7-9,11H,10,12-13H2,1-6H3,(H,21,24). The first-order chi connectivity index (χ1) is 12.7. The lowest BCUT2D eigenvalue weighted by molar-refractivity contribution is -0.121. The number of nitrogens with zero attached hydrogens (tertiary/aromatic N) is 2. The third-order valence-corrected chi connectivity index (χ3v) is 4.97. The average Bonchev–Trinajstić information content (AvgIpc) is 3.06. The van der Waals surface area contributed by atoms with Gasteiger partial charge in [0.2, 0.25) is 5.91 Å². The molecule has 27 heavy (non-hydrogen) atoms. The van der Waals surface area contributed by atoms with Crippen molar-refractivity contribution in [3.05, 3.63) is 29.3 Å². The first kappa shape index (κ1) is 21.2. The zero-order chi connectivity index (χ0) is 20.0. The Balaban J connectivity index is 1.99. The Morgan fingerprint density at radius 1 is 1.22 bits per heavy atom. The number of amides is 1. The summed E-state index contributed by atoms with van der Waals surface area (Å²) >= 11 is 1.52. The molecule has 1 aromatic carbocycles. The monoisotopic (exact) mass is 391 g/mol. The molecule has 1 amide bonds. The Hall–Kier alpha value is -2.12. The number of rotatable bonds is 9. The maximum Gasteiger partial charge on any atom is 0.226 e. The van der Waals surface area contributed by atoms with E-state index in [4.69, 9.17) is 9.47 Å². The molecule has 7 heteroatoms. The van der Waals surface area contributed by atoms with Crippen LogP contribution >= 0.6 is 11.3 Å². The summed E-state index contributed by atoms with van der Waals surface area (Å²) in [6.45, 7) is 5.83. The summed E-state index contributed by atoms with van der Waals surface area (Å²) in [6, 6.07) is 5.69. The molecule has 6 nitrogen and oxygen atoms in total.